The van der Waals surface area contributed by atoms with Crippen molar-refractivity contribution in [2.24, 2.45) is 0 Å². The van der Waals surface area contributed by atoms with Gasteiger partial charge in [0.25, 0.3) is 0 Å². The molecule has 0 saturated carbocycles. The number of hydrogen-bond donors (Lipinski definition) is 1. The summed E-state index contributed by atoms with van der Waals surface area (Å²) in [6.07, 6.45) is 4.18. The summed E-state index contributed by atoms with van der Waals surface area (Å²) in [5.74, 6) is 0. The Balaban J connectivity index is 1.91. The zero-order chi connectivity index (χ0) is 12.8. The van der Waals surface area contributed by atoms with Gasteiger partial charge >= 0.3 is 0 Å². The number of halogens is 2. The molecule has 0 radical (unpaired) electrons. The number of hydrogen-bond acceptors (Lipinski definition) is 1. The van der Waals surface area contributed by atoms with Crippen LogP contribution < -0.4 is 5.32 Å². The third-order valence-corrected chi connectivity index (χ3v) is 3.44. The van der Waals surface area contributed by atoms with Crippen LogP contribution in [0.3, 0.4) is 0 Å². The molecule has 92 valence electrons. The summed E-state index contributed by atoms with van der Waals surface area (Å²) in [5, 5.41) is 4.05. The van der Waals surface area contributed by atoms with Crippen molar-refractivity contribution in [2.75, 3.05) is 11.9 Å². The third-order valence-electron chi connectivity index (χ3n) is 2.45. The van der Waals surface area contributed by atoms with Gasteiger partial charge in [0.05, 0.1) is 10.7 Å². The molecule has 0 unspecified atom stereocenters. The van der Waals surface area contributed by atoms with E-state index in [1.807, 2.05) is 36.4 Å². The fourth-order valence-electron chi connectivity index (χ4n) is 1.56. The first kappa shape index (κ1) is 13.4. The fourth-order valence-corrected chi connectivity index (χ4v) is 2.48. The first-order chi connectivity index (χ1) is 8.75. The molecular weight excluding hydrogens is 357 g/mol. The van der Waals surface area contributed by atoms with E-state index in [-0.39, 0.29) is 0 Å². The normalized spacial score (nSPS) is 10.8. The molecule has 1 N–H and O–H groups in total. The summed E-state index contributed by atoms with van der Waals surface area (Å²) in [7, 11) is 0. The predicted octanol–water partition coefficient (Wildman–Crippen LogP) is 5.07. The Hall–Kier alpha value is -1.00. The minimum Gasteiger partial charge on any atom is -0.380 e. The van der Waals surface area contributed by atoms with Crippen LogP contribution in [-0.4, -0.2) is 6.54 Å². The molecule has 18 heavy (non-hydrogen) atoms. The second-order valence-electron chi connectivity index (χ2n) is 3.82. The second kappa shape index (κ2) is 6.81. The van der Waals surface area contributed by atoms with Gasteiger partial charge in [0.15, 0.2) is 0 Å². The van der Waals surface area contributed by atoms with Crippen LogP contribution in [0.2, 0.25) is 5.02 Å². The maximum atomic E-state index is 6.13. The molecule has 0 saturated heterocycles. The summed E-state index contributed by atoms with van der Waals surface area (Å²) < 4.78 is 1.14. The van der Waals surface area contributed by atoms with Crippen LogP contribution in [-0.2, 0) is 0 Å². The van der Waals surface area contributed by atoms with Crippen LogP contribution in [0.5, 0.6) is 0 Å². The molecule has 0 atom stereocenters. The maximum Gasteiger partial charge on any atom is 0.0648 e. The van der Waals surface area contributed by atoms with Gasteiger partial charge in [0.1, 0.15) is 0 Å². The highest BCUT2D eigenvalue weighted by Gasteiger charge is 1.98. The van der Waals surface area contributed by atoms with E-state index in [9.17, 15) is 0 Å². The zero-order valence-corrected chi connectivity index (χ0v) is 12.6. The summed E-state index contributed by atoms with van der Waals surface area (Å²) in [4.78, 5) is 0. The van der Waals surface area contributed by atoms with Crippen molar-refractivity contribution in [1.29, 1.82) is 0 Å². The molecule has 1 nitrogen and oxygen atoms in total. The first-order valence-electron chi connectivity index (χ1n) is 5.66. The van der Waals surface area contributed by atoms with Gasteiger partial charge in [-0.25, -0.2) is 0 Å². The summed E-state index contributed by atoms with van der Waals surface area (Å²) in [6, 6.07) is 16.2. The molecule has 0 aliphatic carbocycles. The van der Waals surface area contributed by atoms with Crippen molar-refractivity contribution in [2.45, 2.75) is 0 Å². The second-order valence-corrected chi connectivity index (χ2v) is 5.47. The number of benzene rings is 2. The lowest BCUT2D eigenvalue weighted by Crippen LogP contribution is -1.98. The Morgan fingerprint density at radius 3 is 2.61 bits per heavy atom. The number of anilines is 1. The van der Waals surface area contributed by atoms with Crippen molar-refractivity contribution < 1.29 is 0 Å². The van der Waals surface area contributed by atoms with E-state index in [0.717, 1.165) is 20.8 Å². The monoisotopic (exact) mass is 369 g/mol. The van der Waals surface area contributed by atoms with E-state index in [1.165, 1.54) is 5.56 Å². The number of rotatable bonds is 4. The standard InChI is InChI=1S/C15H13ClIN/c16-14-11-13(17)8-9-15(14)18-10-4-7-12-5-2-1-3-6-12/h1-9,11,18H,10H2/b7-4+. The molecule has 0 bridgehead atoms. The molecule has 0 fully saturated rings. The van der Waals surface area contributed by atoms with Gasteiger partial charge in [-0.3, -0.25) is 0 Å². The van der Waals surface area contributed by atoms with Gasteiger partial charge in [0, 0.05) is 10.1 Å². The van der Waals surface area contributed by atoms with Crippen molar-refractivity contribution in [3.8, 4) is 0 Å². The van der Waals surface area contributed by atoms with Crippen molar-refractivity contribution in [3.05, 3.63) is 68.8 Å². The van der Waals surface area contributed by atoms with Crippen LogP contribution in [0.15, 0.2) is 54.6 Å². The van der Waals surface area contributed by atoms with Crippen molar-refractivity contribution >= 4 is 46.0 Å². The van der Waals surface area contributed by atoms with E-state index in [0.29, 0.717) is 0 Å². The van der Waals surface area contributed by atoms with Gasteiger partial charge in [-0.15, -0.1) is 0 Å². The molecule has 2 aromatic carbocycles. The van der Waals surface area contributed by atoms with Crippen LogP contribution in [0.1, 0.15) is 5.56 Å². The maximum absolute atomic E-state index is 6.13. The topological polar surface area (TPSA) is 12.0 Å². The molecule has 0 aliphatic heterocycles. The summed E-state index contributed by atoms with van der Waals surface area (Å²) >= 11 is 8.38. The lowest BCUT2D eigenvalue weighted by molar-refractivity contribution is 1.34. The Kier molecular flexibility index (Phi) is 5.08. The summed E-state index contributed by atoms with van der Waals surface area (Å²) in [5.41, 5.74) is 2.17. The van der Waals surface area contributed by atoms with Crippen LogP contribution in [0, 0.1) is 3.57 Å². The SMILES string of the molecule is Clc1cc(I)ccc1NC/C=C/c1ccccc1. The third kappa shape index (κ3) is 4.03. The molecule has 0 amide bonds. The van der Waals surface area contributed by atoms with Crippen LogP contribution in [0.25, 0.3) is 6.08 Å². The smallest absolute Gasteiger partial charge is 0.0648 e. The van der Waals surface area contributed by atoms with E-state index in [4.69, 9.17) is 11.6 Å². The largest absolute Gasteiger partial charge is 0.380 e. The van der Waals surface area contributed by atoms with E-state index in [1.54, 1.807) is 0 Å². The molecule has 0 heterocycles. The highest BCUT2D eigenvalue weighted by molar-refractivity contribution is 14.1. The lowest BCUT2D eigenvalue weighted by Gasteiger charge is -2.06. The lowest BCUT2D eigenvalue weighted by atomic mass is 10.2. The molecule has 2 aromatic rings. The minimum absolute atomic E-state index is 0.759. The summed E-state index contributed by atoms with van der Waals surface area (Å²) in [6.45, 7) is 0.759. The van der Waals surface area contributed by atoms with Gasteiger partial charge in [-0.2, -0.15) is 0 Å². The predicted molar refractivity (Wildman–Crippen MR) is 88.1 cm³/mol. The van der Waals surface area contributed by atoms with E-state index in [2.05, 4.69) is 52.2 Å². The highest BCUT2D eigenvalue weighted by atomic mass is 127. The number of nitrogens with one attached hydrogen (secondary N) is 1. The fraction of sp³-hybridized carbons (Fsp3) is 0.0667. The van der Waals surface area contributed by atoms with Crippen LogP contribution >= 0.6 is 34.2 Å². The molecule has 0 aliphatic rings. The van der Waals surface area contributed by atoms with E-state index < -0.39 is 0 Å². The Bertz CT molecular complexity index is 537. The van der Waals surface area contributed by atoms with E-state index >= 15 is 0 Å². The van der Waals surface area contributed by atoms with Crippen LogP contribution in [0.4, 0.5) is 5.69 Å². The zero-order valence-electron chi connectivity index (χ0n) is 9.74. The van der Waals surface area contributed by atoms with Gasteiger partial charge < -0.3 is 5.32 Å². The first-order valence-corrected chi connectivity index (χ1v) is 7.12. The Morgan fingerprint density at radius 1 is 1.11 bits per heavy atom. The quantitative estimate of drug-likeness (QED) is 0.742. The average molecular weight is 370 g/mol. The minimum atomic E-state index is 0.759. The molecule has 2 rings (SSSR count). The van der Waals surface area contributed by atoms with Crippen molar-refractivity contribution in [1.82, 2.24) is 0 Å². The molecule has 0 spiro atoms. The Labute approximate surface area is 126 Å². The van der Waals surface area contributed by atoms with Gasteiger partial charge in [0.2, 0.25) is 0 Å². The Morgan fingerprint density at radius 2 is 1.89 bits per heavy atom. The molecule has 3 heteroatoms. The van der Waals surface area contributed by atoms with Crippen molar-refractivity contribution in [3.63, 3.8) is 0 Å². The average Bonchev–Trinajstić information content (AvgIpc) is 2.38. The van der Waals surface area contributed by atoms with Gasteiger partial charge in [-0.05, 0) is 46.4 Å². The van der Waals surface area contributed by atoms with Gasteiger partial charge in [-0.1, -0.05) is 54.1 Å². The molecular formula is C15H13ClIN. The highest BCUT2D eigenvalue weighted by Crippen LogP contribution is 2.23. The molecule has 0 aromatic heterocycles.